The minimum atomic E-state index is -0.298. The molecule has 0 aliphatic carbocycles. The smallest absolute Gasteiger partial charge is 0.225 e. The van der Waals surface area contributed by atoms with E-state index < -0.39 is 0 Å². The Morgan fingerprint density at radius 3 is 2.82 bits per heavy atom. The van der Waals surface area contributed by atoms with Gasteiger partial charge in [0.25, 0.3) is 0 Å². The van der Waals surface area contributed by atoms with E-state index in [1.54, 1.807) is 25.6 Å². The summed E-state index contributed by atoms with van der Waals surface area (Å²) in [5, 5.41) is 0. The summed E-state index contributed by atoms with van der Waals surface area (Å²) >= 11 is 0. The molecule has 0 unspecified atom stereocenters. The molecule has 1 aliphatic heterocycles. The second-order valence-corrected chi connectivity index (χ2v) is 4.16. The van der Waals surface area contributed by atoms with Crippen molar-refractivity contribution in [2.24, 2.45) is 11.7 Å². The van der Waals surface area contributed by atoms with Gasteiger partial charge in [0, 0.05) is 44.9 Å². The number of ether oxygens (including phenoxy) is 1. The molecule has 6 heteroatoms. The summed E-state index contributed by atoms with van der Waals surface area (Å²) in [4.78, 5) is 21.4. The lowest BCUT2D eigenvalue weighted by molar-refractivity contribution is -0.119. The van der Waals surface area contributed by atoms with Crippen LogP contribution in [-0.2, 0) is 9.53 Å². The molecule has 2 N–H and O–H groups in total. The predicted octanol–water partition coefficient (Wildman–Crippen LogP) is -0.197. The Labute approximate surface area is 99.8 Å². The van der Waals surface area contributed by atoms with E-state index >= 15 is 0 Å². The van der Waals surface area contributed by atoms with E-state index in [9.17, 15) is 4.79 Å². The number of primary amides is 1. The topological polar surface area (TPSA) is 81.3 Å². The van der Waals surface area contributed by atoms with Gasteiger partial charge in [0.1, 0.15) is 0 Å². The lowest BCUT2D eigenvalue weighted by atomic mass is 10.0. The third-order valence-electron chi connectivity index (χ3n) is 2.98. The van der Waals surface area contributed by atoms with Crippen LogP contribution in [0.15, 0.2) is 18.5 Å². The van der Waals surface area contributed by atoms with Gasteiger partial charge in [-0.1, -0.05) is 0 Å². The molecular formula is C11H16N4O2. The molecule has 0 saturated carbocycles. The van der Waals surface area contributed by atoms with Crippen LogP contribution >= 0.6 is 0 Å². The first kappa shape index (κ1) is 11.8. The van der Waals surface area contributed by atoms with Gasteiger partial charge in [0.05, 0.1) is 6.10 Å². The van der Waals surface area contributed by atoms with Crippen molar-refractivity contribution in [1.29, 1.82) is 0 Å². The second kappa shape index (κ2) is 5.09. The highest BCUT2D eigenvalue weighted by Crippen LogP contribution is 2.24. The lowest BCUT2D eigenvalue weighted by Gasteiger charge is -2.14. The van der Waals surface area contributed by atoms with Gasteiger partial charge in [-0.3, -0.25) is 4.79 Å². The Bertz CT molecular complexity index is 384. The Morgan fingerprint density at radius 1 is 1.53 bits per heavy atom. The molecule has 1 aromatic rings. The van der Waals surface area contributed by atoms with Crippen LogP contribution in [0, 0.1) is 5.92 Å². The number of nitrogens with two attached hydrogens (primary N) is 1. The zero-order valence-corrected chi connectivity index (χ0v) is 9.74. The maximum Gasteiger partial charge on any atom is 0.225 e. The molecule has 0 bridgehead atoms. The van der Waals surface area contributed by atoms with Gasteiger partial charge in [-0.15, -0.1) is 0 Å². The van der Waals surface area contributed by atoms with Crippen LogP contribution in [-0.4, -0.2) is 42.2 Å². The first-order valence-corrected chi connectivity index (χ1v) is 5.53. The number of carbonyl (C=O) groups excluding carboxylic acids is 1. The van der Waals surface area contributed by atoms with Crippen molar-refractivity contribution in [2.75, 3.05) is 25.1 Å². The van der Waals surface area contributed by atoms with E-state index in [4.69, 9.17) is 10.5 Å². The minimum Gasteiger partial charge on any atom is -0.379 e. The quantitative estimate of drug-likeness (QED) is 0.783. The first-order valence-electron chi connectivity index (χ1n) is 5.53. The summed E-state index contributed by atoms with van der Waals surface area (Å²) in [6, 6.07) is 1.77. The van der Waals surface area contributed by atoms with Crippen LogP contribution in [0.3, 0.4) is 0 Å². The molecule has 0 radical (unpaired) electrons. The van der Waals surface area contributed by atoms with E-state index in [1.807, 2.05) is 4.90 Å². The Kier molecular flexibility index (Phi) is 3.53. The molecular weight excluding hydrogens is 220 g/mol. The minimum absolute atomic E-state index is 0.00584. The number of hydrogen-bond acceptors (Lipinski definition) is 5. The van der Waals surface area contributed by atoms with Crippen LogP contribution in [0.2, 0.25) is 0 Å². The number of carbonyl (C=O) groups is 1. The van der Waals surface area contributed by atoms with E-state index in [1.165, 1.54) is 0 Å². The highest BCUT2D eigenvalue weighted by atomic mass is 16.5. The van der Waals surface area contributed by atoms with Crippen LogP contribution < -0.4 is 10.6 Å². The number of aromatic nitrogens is 2. The Hall–Kier alpha value is -1.69. The number of nitrogens with zero attached hydrogens (tertiary/aromatic N) is 3. The largest absolute Gasteiger partial charge is 0.379 e. The van der Waals surface area contributed by atoms with Crippen molar-refractivity contribution in [1.82, 2.24) is 9.97 Å². The van der Waals surface area contributed by atoms with Crippen molar-refractivity contribution in [3.05, 3.63) is 18.5 Å². The summed E-state index contributed by atoms with van der Waals surface area (Å²) in [7, 11) is 1.65. The lowest BCUT2D eigenvalue weighted by Crippen LogP contribution is -2.26. The maximum atomic E-state index is 11.0. The fourth-order valence-corrected chi connectivity index (χ4v) is 2.18. The molecule has 1 aliphatic rings. The Balaban J connectivity index is 2.07. The predicted molar refractivity (Wildman–Crippen MR) is 62.3 cm³/mol. The molecule has 1 saturated heterocycles. The monoisotopic (exact) mass is 236 g/mol. The van der Waals surface area contributed by atoms with E-state index in [0.29, 0.717) is 25.5 Å². The van der Waals surface area contributed by atoms with Crippen LogP contribution in [0.4, 0.5) is 5.95 Å². The van der Waals surface area contributed by atoms with Gasteiger partial charge >= 0.3 is 0 Å². The van der Waals surface area contributed by atoms with E-state index in [-0.39, 0.29) is 17.9 Å². The molecule has 1 fully saturated rings. The van der Waals surface area contributed by atoms with Crippen LogP contribution in [0.25, 0.3) is 0 Å². The van der Waals surface area contributed by atoms with Crippen LogP contribution in [0.5, 0.6) is 0 Å². The standard InChI is InChI=1S/C11H16N4O2/c1-17-9-7-15(6-8(9)5-10(12)16)11-13-3-2-4-14-11/h2-4,8-9H,5-7H2,1H3,(H2,12,16)/t8-,9+/m1/s1. The molecule has 2 atom stereocenters. The van der Waals surface area contributed by atoms with Gasteiger partial charge in [0.2, 0.25) is 11.9 Å². The van der Waals surface area contributed by atoms with Crippen molar-refractivity contribution in [3.8, 4) is 0 Å². The van der Waals surface area contributed by atoms with Crippen molar-refractivity contribution in [3.63, 3.8) is 0 Å². The molecule has 0 aromatic carbocycles. The van der Waals surface area contributed by atoms with Gasteiger partial charge in [-0.2, -0.15) is 0 Å². The molecule has 92 valence electrons. The van der Waals surface area contributed by atoms with E-state index in [0.717, 1.165) is 0 Å². The van der Waals surface area contributed by atoms with Gasteiger partial charge in [-0.05, 0) is 6.07 Å². The number of methoxy groups -OCH3 is 1. The zero-order valence-electron chi connectivity index (χ0n) is 9.74. The Morgan fingerprint density at radius 2 is 2.24 bits per heavy atom. The fourth-order valence-electron chi connectivity index (χ4n) is 2.18. The molecule has 2 rings (SSSR count). The fraction of sp³-hybridized carbons (Fsp3) is 0.545. The normalized spacial score (nSPS) is 23.9. The average Bonchev–Trinajstić information content (AvgIpc) is 2.72. The highest BCUT2D eigenvalue weighted by molar-refractivity contribution is 5.74. The third-order valence-corrected chi connectivity index (χ3v) is 2.98. The second-order valence-electron chi connectivity index (χ2n) is 4.16. The van der Waals surface area contributed by atoms with E-state index in [2.05, 4.69) is 9.97 Å². The van der Waals surface area contributed by atoms with Gasteiger partial charge in [0.15, 0.2) is 0 Å². The summed E-state index contributed by atoms with van der Waals surface area (Å²) in [5.41, 5.74) is 5.23. The van der Waals surface area contributed by atoms with Crippen molar-refractivity contribution >= 4 is 11.9 Å². The average molecular weight is 236 g/mol. The number of hydrogen-bond donors (Lipinski definition) is 1. The first-order chi connectivity index (χ1) is 8.20. The summed E-state index contributed by atoms with van der Waals surface area (Å²) in [5.74, 6) is 0.482. The zero-order chi connectivity index (χ0) is 12.3. The molecule has 0 spiro atoms. The number of anilines is 1. The van der Waals surface area contributed by atoms with Crippen LogP contribution in [0.1, 0.15) is 6.42 Å². The van der Waals surface area contributed by atoms with Crippen molar-refractivity contribution < 1.29 is 9.53 Å². The molecule has 17 heavy (non-hydrogen) atoms. The summed E-state index contributed by atoms with van der Waals surface area (Å²) in [6.07, 6.45) is 3.74. The molecule has 2 heterocycles. The highest BCUT2D eigenvalue weighted by Gasteiger charge is 2.34. The molecule has 1 amide bonds. The maximum absolute atomic E-state index is 11.0. The SMILES string of the molecule is CO[C@H]1CN(c2ncccn2)C[C@H]1CC(N)=O. The number of rotatable bonds is 4. The molecule has 1 aromatic heterocycles. The van der Waals surface area contributed by atoms with Gasteiger partial charge in [-0.25, -0.2) is 9.97 Å². The third kappa shape index (κ3) is 2.71. The van der Waals surface area contributed by atoms with Gasteiger partial charge < -0.3 is 15.4 Å². The summed E-state index contributed by atoms with van der Waals surface area (Å²) in [6.45, 7) is 1.39. The van der Waals surface area contributed by atoms with Crippen molar-refractivity contribution in [2.45, 2.75) is 12.5 Å². The summed E-state index contributed by atoms with van der Waals surface area (Å²) < 4.78 is 5.37. The molecule has 6 nitrogen and oxygen atoms in total. The number of amides is 1.